The van der Waals surface area contributed by atoms with Gasteiger partial charge in [-0.05, 0) is 59.6 Å². The van der Waals surface area contributed by atoms with Crippen LogP contribution in [0.4, 0.5) is 5.69 Å². The summed E-state index contributed by atoms with van der Waals surface area (Å²) in [6, 6.07) is 16.5. The molecule has 0 N–H and O–H groups in total. The van der Waals surface area contributed by atoms with Gasteiger partial charge in [-0.3, -0.25) is 4.79 Å². The molecule has 23 heavy (non-hydrogen) atoms. The standard InChI is InChI=1S/C19H21BrN2O/c1-14-6-5-7-16(12-14)22-11-10-21(13-15(22)2)19(23)17-8-3-4-9-18(17)20/h3-9,12,15H,10-11,13H2,1-2H3. The first kappa shape index (κ1) is 16.1. The molecule has 120 valence electrons. The summed E-state index contributed by atoms with van der Waals surface area (Å²) in [5, 5.41) is 0. The number of nitrogens with zero attached hydrogens (tertiary/aromatic N) is 2. The Labute approximate surface area is 146 Å². The van der Waals surface area contributed by atoms with E-state index in [9.17, 15) is 4.79 Å². The Balaban J connectivity index is 1.74. The third-order valence-corrected chi connectivity index (χ3v) is 5.04. The lowest BCUT2D eigenvalue weighted by Gasteiger charge is -2.41. The molecule has 3 nitrogen and oxygen atoms in total. The Morgan fingerprint density at radius 2 is 1.91 bits per heavy atom. The van der Waals surface area contributed by atoms with Gasteiger partial charge in [0, 0.05) is 35.8 Å². The largest absolute Gasteiger partial charge is 0.365 e. The van der Waals surface area contributed by atoms with E-state index in [0.717, 1.165) is 29.7 Å². The molecular formula is C19H21BrN2O. The van der Waals surface area contributed by atoms with Crippen molar-refractivity contribution in [2.75, 3.05) is 24.5 Å². The summed E-state index contributed by atoms with van der Waals surface area (Å²) in [5.74, 6) is 0.105. The second kappa shape index (κ2) is 6.75. The number of hydrogen-bond donors (Lipinski definition) is 0. The number of carbonyl (C=O) groups excluding carboxylic acids is 1. The van der Waals surface area contributed by atoms with E-state index >= 15 is 0 Å². The first-order valence-corrected chi connectivity index (χ1v) is 8.72. The van der Waals surface area contributed by atoms with Gasteiger partial charge in [-0.15, -0.1) is 0 Å². The van der Waals surface area contributed by atoms with Gasteiger partial charge in [0.1, 0.15) is 0 Å². The monoisotopic (exact) mass is 372 g/mol. The molecule has 2 aromatic carbocycles. The quantitative estimate of drug-likeness (QED) is 0.791. The highest BCUT2D eigenvalue weighted by Gasteiger charge is 2.28. The van der Waals surface area contributed by atoms with E-state index in [-0.39, 0.29) is 5.91 Å². The zero-order valence-corrected chi connectivity index (χ0v) is 15.1. The second-order valence-corrected chi connectivity index (χ2v) is 6.97. The fraction of sp³-hybridized carbons (Fsp3) is 0.316. The Morgan fingerprint density at radius 1 is 1.13 bits per heavy atom. The summed E-state index contributed by atoms with van der Waals surface area (Å²) in [6.07, 6.45) is 0. The Morgan fingerprint density at radius 3 is 2.61 bits per heavy atom. The third kappa shape index (κ3) is 3.42. The SMILES string of the molecule is Cc1cccc(N2CCN(C(=O)c3ccccc3Br)CC2C)c1. The molecule has 2 aromatic rings. The average Bonchev–Trinajstić information content (AvgIpc) is 2.54. The summed E-state index contributed by atoms with van der Waals surface area (Å²) in [7, 11) is 0. The van der Waals surface area contributed by atoms with Crippen molar-refractivity contribution in [2.24, 2.45) is 0 Å². The highest BCUT2D eigenvalue weighted by molar-refractivity contribution is 9.10. The van der Waals surface area contributed by atoms with E-state index in [4.69, 9.17) is 0 Å². The lowest BCUT2D eigenvalue weighted by atomic mass is 10.1. The van der Waals surface area contributed by atoms with E-state index in [2.05, 4.69) is 58.9 Å². The molecule has 0 bridgehead atoms. The molecule has 1 aliphatic heterocycles. The van der Waals surface area contributed by atoms with Crippen LogP contribution in [0.1, 0.15) is 22.8 Å². The molecule has 4 heteroatoms. The zero-order chi connectivity index (χ0) is 16.4. The maximum absolute atomic E-state index is 12.7. The molecule has 0 radical (unpaired) electrons. The van der Waals surface area contributed by atoms with Crippen molar-refractivity contribution < 1.29 is 4.79 Å². The summed E-state index contributed by atoms with van der Waals surface area (Å²) in [5.41, 5.74) is 3.25. The Kier molecular flexibility index (Phi) is 4.71. The van der Waals surface area contributed by atoms with Gasteiger partial charge in [-0.25, -0.2) is 0 Å². The van der Waals surface area contributed by atoms with E-state index < -0.39 is 0 Å². The fourth-order valence-electron chi connectivity index (χ4n) is 3.14. The van der Waals surface area contributed by atoms with Crippen molar-refractivity contribution in [3.8, 4) is 0 Å². The van der Waals surface area contributed by atoms with Crippen LogP contribution >= 0.6 is 15.9 Å². The van der Waals surface area contributed by atoms with Gasteiger partial charge >= 0.3 is 0 Å². The van der Waals surface area contributed by atoms with Gasteiger partial charge in [0.05, 0.1) is 5.56 Å². The first-order valence-electron chi connectivity index (χ1n) is 7.93. The number of carbonyl (C=O) groups is 1. The lowest BCUT2D eigenvalue weighted by Crippen LogP contribution is -2.53. The smallest absolute Gasteiger partial charge is 0.255 e. The van der Waals surface area contributed by atoms with Gasteiger partial charge in [0.25, 0.3) is 5.91 Å². The number of anilines is 1. The minimum absolute atomic E-state index is 0.105. The third-order valence-electron chi connectivity index (χ3n) is 4.35. The normalized spacial score (nSPS) is 18.1. The molecule has 3 rings (SSSR count). The van der Waals surface area contributed by atoms with Crippen LogP contribution in [-0.4, -0.2) is 36.5 Å². The van der Waals surface area contributed by atoms with Crippen LogP contribution in [0.5, 0.6) is 0 Å². The molecule has 1 aliphatic rings. The van der Waals surface area contributed by atoms with Crippen LogP contribution in [0.2, 0.25) is 0 Å². The molecule has 0 saturated carbocycles. The summed E-state index contributed by atoms with van der Waals surface area (Å²) in [4.78, 5) is 17.1. The highest BCUT2D eigenvalue weighted by atomic mass is 79.9. The van der Waals surface area contributed by atoms with Crippen molar-refractivity contribution in [2.45, 2.75) is 19.9 Å². The van der Waals surface area contributed by atoms with Gasteiger partial charge in [-0.1, -0.05) is 24.3 Å². The first-order chi connectivity index (χ1) is 11.1. The van der Waals surface area contributed by atoms with E-state index in [0.29, 0.717) is 6.04 Å². The van der Waals surface area contributed by atoms with Crippen molar-refractivity contribution >= 4 is 27.5 Å². The van der Waals surface area contributed by atoms with Crippen LogP contribution in [0.15, 0.2) is 53.0 Å². The predicted octanol–water partition coefficient (Wildman–Crippen LogP) is 4.11. The molecule has 0 spiro atoms. The molecular weight excluding hydrogens is 352 g/mol. The molecule has 1 heterocycles. The van der Waals surface area contributed by atoms with Gasteiger partial charge in [0.15, 0.2) is 0 Å². The average molecular weight is 373 g/mol. The number of benzene rings is 2. The van der Waals surface area contributed by atoms with Crippen LogP contribution in [-0.2, 0) is 0 Å². The van der Waals surface area contributed by atoms with E-state index in [1.54, 1.807) is 0 Å². The van der Waals surface area contributed by atoms with Crippen molar-refractivity contribution in [1.82, 2.24) is 4.90 Å². The number of halogens is 1. The van der Waals surface area contributed by atoms with Crippen molar-refractivity contribution in [3.63, 3.8) is 0 Å². The molecule has 0 aromatic heterocycles. The second-order valence-electron chi connectivity index (χ2n) is 6.11. The summed E-state index contributed by atoms with van der Waals surface area (Å²) < 4.78 is 0.860. The minimum Gasteiger partial charge on any atom is -0.365 e. The fourth-order valence-corrected chi connectivity index (χ4v) is 3.59. The van der Waals surface area contributed by atoms with Crippen LogP contribution in [0.25, 0.3) is 0 Å². The molecule has 0 aliphatic carbocycles. The molecule has 1 unspecified atom stereocenters. The van der Waals surface area contributed by atoms with E-state index in [1.807, 2.05) is 29.2 Å². The van der Waals surface area contributed by atoms with E-state index in [1.165, 1.54) is 11.3 Å². The molecule has 1 atom stereocenters. The van der Waals surface area contributed by atoms with Crippen molar-refractivity contribution in [1.29, 1.82) is 0 Å². The Hall–Kier alpha value is -1.81. The zero-order valence-electron chi connectivity index (χ0n) is 13.5. The summed E-state index contributed by atoms with van der Waals surface area (Å²) in [6.45, 7) is 6.65. The van der Waals surface area contributed by atoms with Gasteiger partial charge in [0.2, 0.25) is 0 Å². The van der Waals surface area contributed by atoms with Crippen LogP contribution in [0.3, 0.4) is 0 Å². The Bertz CT molecular complexity index is 716. The number of hydrogen-bond acceptors (Lipinski definition) is 2. The van der Waals surface area contributed by atoms with Gasteiger partial charge in [-0.2, -0.15) is 0 Å². The lowest BCUT2D eigenvalue weighted by molar-refractivity contribution is 0.0725. The minimum atomic E-state index is 0.105. The van der Waals surface area contributed by atoms with Crippen molar-refractivity contribution in [3.05, 3.63) is 64.1 Å². The summed E-state index contributed by atoms with van der Waals surface area (Å²) >= 11 is 3.48. The van der Waals surface area contributed by atoms with Crippen LogP contribution < -0.4 is 4.90 Å². The molecule has 1 fully saturated rings. The van der Waals surface area contributed by atoms with Crippen LogP contribution in [0, 0.1) is 6.92 Å². The number of rotatable bonds is 2. The maximum atomic E-state index is 12.7. The number of aryl methyl sites for hydroxylation is 1. The number of piperazine rings is 1. The number of amides is 1. The molecule has 1 saturated heterocycles. The maximum Gasteiger partial charge on any atom is 0.255 e. The van der Waals surface area contributed by atoms with Gasteiger partial charge < -0.3 is 9.80 Å². The topological polar surface area (TPSA) is 23.6 Å². The molecule has 1 amide bonds. The highest BCUT2D eigenvalue weighted by Crippen LogP contribution is 2.24. The predicted molar refractivity (Wildman–Crippen MR) is 98.0 cm³/mol.